The van der Waals surface area contributed by atoms with Crippen molar-refractivity contribution in [3.05, 3.63) is 64.1 Å². The summed E-state index contributed by atoms with van der Waals surface area (Å²) in [5, 5.41) is 0. The number of amides is 1. The van der Waals surface area contributed by atoms with E-state index in [0.717, 1.165) is 22.9 Å². The normalized spacial score (nSPS) is 15.9. The summed E-state index contributed by atoms with van der Waals surface area (Å²) >= 11 is 6.44. The van der Waals surface area contributed by atoms with Gasteiger partial charge < -0.3 is 14.2 Å². The van der Waals surface area contributed by atoms with Gasteiger partial charge in [-0.2, -0.15) is 0 Å². The van der Waals surface area contributed by atoms with Crippen LogP contribution in [0, 0.1) is 6.92 Å². The van der Waals surface area contributed by atoms with E-state index in [1.807, 2.05) is 37.3 Å². The Bertz CT molecular complexity index is 1030. The van der Waals surface area contributed by atoms with E-state index in [2.05, 4.69) is 0 Å². The zero-order valence-electron chi connectivity index (χ0n) is 17.7. The summed E-state index contributed by atoms with van der Waals surface area (Å²) in [6, 6.07) is 12.8. The smallest absolute Gasteiger partial charge is 0.328 e. The molecule has 162 valence electrons. The summed E-state index contributed by atoms with van der Waals surface area (Å²) in [6.07, 6.45) is 1.72. The monoisotopic (exact) mass is 457 g/mol. The summed E-state index contributed by atoms with van der Waals surface area (Å²) < 4.78 is 16.4. The number of hydrogen-bond acceptors (Lipinski definition) is 7. The van der Waals surface area contributed by atoms with Crippen LogP contribution in [0.2, 0.25) is 0 Å². The molecule has 0 aliphatic carbocycles. The van der Waals surface area contributed by atoms with Crippen molar-refractivity contribution in [2.75, 3.05) is 14.2 Å². The second-order valence-corrected chi connectivity index (χ2v) is 8.61. The number of aryl methyl sites for hydroxylation is 1. The standard InChI is InChI=1S/C23H23NO5S2/c1-14-5-7-16(8-6-14)13-29-18-10-9-17(11-19(18)27-3)12-20-21(25)24(23(30)31-20)15(2)22(26)28-4/h5-12,15H,13H2,1-4H3/b20-12-/t15-/m0/s1. The van der Waals surface area contributed by atoms with Gasteiger partial charge in [-0.3, -0.25) is 9.69 Å². The Hall–Kier alpha value is -2.84. The molecule has 6 nitrogen and oxygen atoms in total. The second-order valence-electron chi connectivity index (χ2n) is 6.94. The highest BCUT2D eigenvalue weighted by Crippen LogP contribution is 2.36. The first-order valence-corrected chi connectivity index (χ1v) is 10.8. The van der Waals surface area contributed by atoms with Gasteiger partial charge in [0.2, 0.25) is 0 Å². The number of esters is 1. The van der Waals surface area contributed by atoms with E-state index >= 15 is 0 Å². The number of benzene rings is 2. The SMILES string of the molecule is COC(=O)[C@H](C)N1C(=O)/C(=C/c2ccc(OCc3ccc(C)cc3)c(OC)c2)SC1=S. The molecule has 1 aliphatic rings. The highest BCUT2D eigenvalue weighted by atomic mass is 32.2. The highest BCUT2D eigenvalue weighted by molar-refractivity contribution is 8.26. The molecule has 1 amide bonds. The van der Waals surface area contributed by atoms with Crippen LogP contribution in [-0.4, -0.2) is 41.4 Å². The minimum atomic E-state index is -0.782. The van der Waals surface area contributed by atoms with E-state index in [1.54, 1.807) is 32.2 Å². The molecular weight excluding hydrogens is 434 g/mol. The van der Waals surface area contributed by atoms with Gasteiger partial charge in [0, 0.05) is 0 Å². The minimum Gasteiger partial charge on any atom is -0.493 e. The van der Waals surface area contributed by atoms with Gasteiger partial charge >= 0.3 is 5.97 Å². The van der Waals surface area contributed by atoms with Gasteiger partial charge in [-0.1, -0.05) is 59.9 Å². The van der Waals surface area contributed by atoms with Gasteiger partial charge in [-0.15, -0.1) is 0 Å². The quantitative estimate of drug-likeness (QED) is 0.348. The topological polar surface area (TPSA) is 65.1 Å². The molecule has 31 heavy (non-hydrogen) atoms. The van der Waals surface area contributed by atoms with Crippen molar-refractivity contribution in [3.63, 3.8) is 0 Å². The molecule has 0 saturated carbocycles. The number of carbonyl (C=O) groups excluding carboxylic acids is 2. The Morgan fingerprint density at radius 1 is 1.16 bits per heavy atom. The lowest BCUT2D eigenvalue weighted by atomic mass is 10.1. The van der Waals surface area contributed by atoms with Crippen LogP contribution in [0.15, 0.2) is 47.4 Å². The van der Waals surface area contributed by atoms with Gasteiger partial charge in [-0.05, 0) is 43.2 Å². The third kappa shape index (κ3) is 5.26. The van der Waals surface area contributed by atoms with Crippen LogP contribution in [0.4, 0.5) is 0 Å². The molecule has 1 saturated heterocycles. The van der Waals surface area contributed by atoms with Crippen LogP contribution < -0.4 is 9.47 Å². The maximum atomic E-state index is 12.8. The predicted octanol–water partition coefficient (Wildman–Crippen LogP) is 4.35. The third-order valence-corrected chi connectivity index (χ3v) is 6.08. The van der Waals surface area contributed by atoms with E-state index < -0.39 is 12.0 Å². The zero-order chi connectivity index (χ0) is 22.5. The first kappa shape index (κ1) is 22.8. The van der Waals surface area contributed by atoms with Gasteiger partial charge in [0.15, 0.2) is 11.5 Å². The van der Waals surface area contributed by atoms with Gasteiger partial charge in [0.1, 0.15) is 17.0 Å². The number of thiocarbonyl (C=S) groups is 1. The molecule has 0 aromatic heterocycles. The fraction of sp³-hybridized carbons (Fsp3) is 0.261. The molecule has 0 radical (unpaired) electrons. The third-order valence-electron chi connectivity index (χ3n) is 4.75. The maximum absolute atomic E-state index is 12.8. The minimum absolute atomic E-state index is 0.319. The summed E-state index contributed by atoms with van der Waals surface area (Å²) in [7, 11) is 2.84. The molecule has 1 atom stereocenters. The summed E-state index contributed by atoms with van der Waals surface area (Å²) in [5.74, 6) is 0.312. The van der Waals surface area contributed by atoms with Crippen molar-refractivity contribution in [2.45, 2.75) is 26.5 Å². The number of methoxy groups -OCH3 is 2. The van der Waals surface area contributed by atoms with Crippen LogP contribution in [0.5, 0.6) is 11.5 Å². The Balaban J connectivity index is 1.76. The van der Waals surface area contributed by atoms with Crippen molar-refractivity contribution in [2.24, 2.45) is 0 Å². The van der Waals surface area contributed by atoms with Crippen LogP contribution in [0.3, 0.4) is 0 Å². The number of carbonyl (C=O) groups is 2. The Kier molecular flexibility index (Phi) is 7.35. The van der Waals surface area contributed by atoms with Crippen LogP contribution in [0.25, 0.3) is 6.08 Å². The van der Waals surface area contributed by atoms with Crippen molar-refractivity contribution in [3.8, 4) is 11.5 Å². The molecule has 8 heteroatoms. The zero-order valence-corrected chi connectivity index (χ0v) is 19.3. The molecule has 0 spiro atoms. The fourth-order valence-electron chi connectivity index (χ4n) is 2.98. The Morgan fingerprint density at radius 2 is 1.87 bits per heavy atom. The summed E-state index contributed by atoms with van der Waals surface area (Å²) in [5.41, 5.74) is 3.00. The molecule has 1 aliphatic heterocycles. The number of nitrogens with zero attached hydrogens (tertiary/aromatic N) is 1. The molecule has 1 fully saturated rings. The molecule has 0 N–H and O–H groups in total. The predicted molar refractivity (Wildman–Crippen MR) is 125 cm³/mol. The summed E-state index contributed by atoms with van der Waals surface area (Å²) in [4.78, 5) is 26.3. The number of rotatable bonds is 7. The second kappa shape index (κ2) is 9.98. The van der Waals surface area contributed by atoms with Crippen LogP contribution in [0.1, 0.15) is 23.6 Å². The highest BCUT2D eigenvalue weighted by Gasteiger charge is 2.38. The lowest BCUT2D eigenvalue weighted by Crippen LogP contribution is -2.42. The fourth-order valence-corrected chi connectivity index (χ4v) is 4.40. The average Bonchev–Trinajstić information content (AvgIpc) is 3.05. The molecule has 0 bridgehead atoms. The van der Waals surface area contributed by atoms with Gasteiger partial charge in [0.05, 0.1) is 19.1 Å². The van der Waals surface area contributed by atoms with E-state index in [0.29, 0.717) is 27.3 Å². The number of hydrogen-bond donors (Lipinski definition) is 0. The Morgan fingerprint density at radius 3 is 2.52 bits per heavy atom. The molecule has 3 rings (SSSR count). The van der Waals surface area contributed by atoms with Crippen molar-refractivity contribution >= 4 is 46.3 Å². The van der Waals surface area contributed by atoms with E-state index in [-0.39, 0.29) is 5.91 Å². The lowest BCUT2D eigenvalue weighted by Gasteiger charge is -2.20. The van der Waals surface area contributed by atoms with Gasteiger partial charge in [-0.25, -0.2) is 4.79 Å². The molecule has 1 heterocycles. The van der Waals surface area contributed by atoms with Gasteiger partial charge in [0.25, 0.3) is 5.91 Å². The van der Waals surface area contributed by atoms with Crippen LogP contribution in [-0.2, 0) is 20.9 Å². The molecule has 2 aromatic carbocycles. The van der Waals surface area contributed by atoms with Crippen molar-refractivity contribution in [1.82, 2.24) is 4.90 Å². The van der Waals surface area contributed by atoms with Crippen LogP contribution >= 0.6 is 24.0 Å². The van der Waals surface area contributed by atoms with Crippen molar-refractivity contribution < 1.29 is 23.8 Å². The number of ether oxygens (including phenoxy) is 3. The van der Waals surface area contributed by atoms with Crippen molar-refractivity contribution in [1.29, 1.82) is 0 Å². The lowest BCUT2D eigenvalue weighted by molar-refractivity contribution is -0.147. The molecular formula is C23H23NO5S2. The largest absolute Gasteiger partial charge is 0.493 e. The summed E-state index contributed by atoms with van der Waals surface area (Å²) in [6.45, 7) is 4.04. The average molecular weight is 458 g/mol. The maximum Gasteiger partial charge on any atom is 0.328 e. The first-order valence-electron chi connectivity index (χ1n) is 9.55. The molecule has 2 aromatic rings. The van der Waals surface area contributed by atoms with E-state index in [1.165, 1.54) is 17.6 Å². The first-order chi connectivity index (χ1) is 14.8. The van der Waals surface area contributed by atoms with E-state index in [9.17, 15) is 9.59 Å². The number of thioether (sulfide) groups is 1. The Labute approximate surface area is 191 Å². The van der Waals surface area contributed by atoms with E-state index in [4.69, 9.17) is 26.4 Å². The molecule has 0 unspecified atom stereocenters.